The van der Waals surface area contributed by atoms with Crippen LogP contribution in [-0.4, -0.2) is 34.5 Å². The highest BCUT2D eigenvalue weighted by Gasteiger charge is 2.35. The Hall–Kier alpha value is -3.14. The molecule has 0 saturated carbocycles. The molecule has 1 aliphatic heterocycles. The van der Waals surface area contributed by atoms with Crippen molar-refractivity contribution in [3.05, 3.63) is 52.8 Å². The number of H-pyrrole nitrogens is 1. The standard InChI is InChI=1S/C16H15BrN6O3/c17-9-6-11(19-8-9)15(25)20-21-16(26)12-7-13(14(18)24)23(22-12)10-4-2-1-3-5-10/h1-6,8,13,19H,7H2,(H2,18,24)(H,20,25)(H,21,26). The van der Waals surface area contributed by atoms with Gasteiger partial charge in [-0.25, -0.2) is 0 Å². The zero-order chi connectivity index (χ0) is 18.7. The maximum atomic E-state index is 12.3. The number of hydrazine groups is 1. The fourth-order valence-electron chi connectivity index (χ4n) is 2.44. The third kappa shape index (κ3) is 3.75. The SMILES string of the molecule is NC(=O)C1CC(C(=O)NNC(=O)c2cc(Br)c[nH]2)=NN1c1ccccc1. The molecule has 26 heavy (non-hydrogen) atoms. The van der Waals surface area contributed by atoms with Crippen molar-refractivity contribution in [3.8, 4) is 0 Å². The first-order valence-corrected chi connectivity index (χ1v) is 8.40. The molecule has 2 aromatic rings. The zero-order valence-corrected chi connectivity index (χ0v) is 15.0. The summed E-state index contributed by atoms with van der Waals surface area (Å²) in [7, 11) is 0. The average Bonchev–Trinajstić information content (AvgIpc) is 3.27. The number of carbonyl (C=O) groups is 3. The summed E-state index contributed by atoms with van der Waals surface area (Å²) in [6, 6.07) is 9.70. The molecule has 9 nitrogen and oxygen atoms in total. The molecule has 1 aromatic carbocycles. The third-order valence-electron chi connectivity index (χ3n) is 3.70. The van der Waals surface area contributed by atoms with Crippen LogP contribution < -0.4 is 21.6 Å². The third-order valence-corrected chi connectivity index (χ3v) is 4.16. The molecule has 0 aliphatic carbocycles. The minimum Gasteiger partial charge on any atom is -0.368 e. The van der Waals surface area contributed by atoms with Crippen molar-refractivity contribution in [2.24, 2.45) is 10.8 Å². The van der Waals surface area contributed by atoms with Crippen LogP contribution in [0, 0.1) is 0 Å². The van der Waals surface area contributed by atoms with Gasteiger partial charge in [0, 0.05) is 17.1 Å². The Morgan fingerprint density at radius 1 is 1.19 bits per heavy atom. The van der Waals surface area contributed by atoms with E-state index in [9.17, 15) is 14.4 Å². The highest BCUT2D eigenvalue weighted by atomic mass is 79.9. The van der Waals surface area contributed by atoms with Gasteiger partial charge in [-0.15, -0.1) is 0 Å². The number of aromatic amines is 1. The molecule has 1 atom stereocenters. The molecule has 5 N–H and O–H groups in total. The van der Waals surface area contributed by atoms with Crippen LogP contribution in [0.1, 0.15) is 16.9 Å². The first kappa shape index (κ1) is 17.7. The number of nitrogens with one attached hydrogen (secondary N) is 3. The van der Waals surface area contributed by atoms with Gasteiger partial charge in [0.25, 0.3) is 11.8 Å². The van der Waals surface area contributed by atoms with Gasteiger partial charge in [-0.1, -0.05) is 18.2 Å². The molecule has 1 aromatic heterocycles. The van der Waals surface area contributed by atoms with Gasteiger partial charge in [-0.3, -0.25) is 30.2 Å². The van der Waals surface area contributed by atoms with Crippen LogP contribution in [0.3, 0.4) is 0 Å². The second kappa shape index (κ2) is 7.40. The Kier molecular flexibility index (Phi) is 5.03. The Bertz CT molecular complexity index is 879. The number of aromatic nitrogens is 1. The van der Waals surface area contributed by atoms with Gasteiger partial charge in [-0.05, 0) is 34.1 Å². The van der Waals surface area contributed by atoms with Gasteiger partial charge in [0.1, 0.15) is 17.4 Å². The van der Waals surface area contributed by atoms with Crippen LogP contribution in [0.4, 0.5) is 5.69 Å². The van der Waals surface area contributed by atoms with Crippen LogP contribution in [-0.2, 0) is 9.59 Å². The number of anilines is 1. The fourth-order valence-corrected chi connectivity index (χ4v) is 2.78. The Morgan fingerprint density at radius 2 is 1.88 bits per heavy atom. The quantitative estimate of drug-likeness (QED) is 0.542. The van der Waals surface area contributed by atoms with Gasteiger partial charge in [0.15, 0.2) is 0 Å². The summed E-state index contributed by atoms with van der Waals surface area (Å²) in [6.45, 7) is 0. The first-order chi connectivity index (χ1) is 12.5. The lowest BCUT2D eigenvalue weighted by atomic mass is 10.1. The van der Waals surface area contributed by atoms with E-state index in [4.69, 9.17) is 5.73 Å². The zero-order valence-electron chi connectivity index (χ0n) is 13.4. The van der Waals surface area contributed by atoms with E-state index < -0.39 is 23.8 Å². The first-order valence-electron chi connectivity index (χ1n) is 7.61. The number of rotatable bonds is 4. The number of nitrogens with two attached hydrogens (primary N) is 1. The molecule has 1 unspecified atom stereocenters. The molecule has 10 heteroatoms. The maximum absolute atomic E-state index is 12.3. The van der Waals surface area contributed by atoms with E-state index in [2.05, 4.69) is 36.9 Å². The van der Waals surface area contributed by atoms with Crippen molar-refractivity contribution < 1.29 is 14.4 Å². The maximum Gasteiger partial charge on any atom is 0.286 e. The molecule has 2 heterocycles. The van der Waals surface area contributed by atoms with E-state index in [1.807, 2.05) is 6.07 Å². The predicted octanol–water partition coefficient (Wildman–Crippen LogP) is 0.658. The lowest BCUT2D eigenvalue weighted by Gasteiger charge is -2.20. The molecule has 0 spiro atoms. The molecular formula is C16H15BrN6O3. The molecule has 1 aliphatic rings. The lowest BCUT2D eigenvalue weighted by Crippen LogP contribution is -2.45. The van der Waals surface area contributed by atoms with Crippen molar-refractivity contribution in [1.29, 1.82) is 0 Å². The molecule has 134 valence electrons. The van der Waals surface area contributed by atoms with Crippen LogP contribution in [0.5, 0.6) is 0 Å². The Balaban J connectivity index is 1.69. The summed E-state index contributed by atoms with van der Waals surface area (Å²) in [5.74, 6) is -1.73. The topological polar surface area (TPSA) is 133 Å². The van der Waals surface area contributed by atoms with E-state index in [1.165, 1.54) is 5.01 Å². The van der Waals surface area contributed by atoms with E-state index in [0.717, 1.165) is 0 Å². The fraction of sp³-hybridized carbons (Fsp3) is 0.125. The lowest BCUT2D eigenvalue weighted by molar-refractivity contribution is -0.119. The number of primary amides is 1. The van der Waals surface area contributed by atoms with Gasteiger partial charge >= 0.3 is 0 Å². The van der Waals surface area contributed by atoms with Gasteiger partial charge < -0.3 is 10.7 Å². The summed E-state index contributed by atoms with van der Waals surface area (Å²) in [4.78, 5) is 38.7. The van der Waals surface area contributed by atoms with Crippen LogP contribution >= 0.6 is 15.9 Å². The summed E-state index contributed by atoms with van der Waals surface area (Å²) >= 11 is 3.22. The number of para-hydroxylation sites is 1. The van der Waals surface area contributed by atoms with Gasteiger partial charge in [0.2, 0.25) is 5.91 Å². The monoisotopic (exact) mass is 418 g/mol. The minimum absolute atomic E-state index is 0.0416. The van der Waals surface area contributed by atoms with E-state index in [-0.39, 0.29) is 17.8 Å². The second-order valence-electron chi connectivity index (χ2n) is 5.49. The molecule has 0 saturated heterocycles. The number of hydrazone groups is 1. The van der Waals surface area contributed by atoms with E-state index >= 15 is 0 Å². The van der Waals surface area contributed by atoms with E-state index in [1.54, 1.807) is 36.5 Å². The molecule has 0 radical (unpaired) electrons. The average molecular weight is 419 g/mol. The van der Waals surface area contributed by atoms with Gasteiger partial charge in [-0.2, -0.15) is 5.10 Å². The van der Waals surface area contributed by atoms with Crippen molar-refractivity contribution in [3.63, 3.8) is 0 Å². The number of hydrogen-bond acceptors (Lipinski definition) is 5. The number of amides is 3. The molecule has 3 rings (SSSR count). The molecular weight excluding hydrogens is 404 g/mol. The molecule has 0 fully saturated rings. The number of benzene rings is 1. The molecule has 3 amide bonds. The number of halogens is 1. The summed E-state index contributed by atoms with van der Waals surface area (Å²) in [6.07, 6.45) is 1.63. The predicted molar refractivity (Wildman–Crippen MR) is 98.1 cm³/mol. The van der Waals surface area contributed by atoms with Crippen LogP contribution in [0.15, 0.2) is 52.2 Å². The van der Waals surface area contributed by atoms with Crippen molar-refractivity contribution >= 4 is 45.1 Å². The Labute approximate surface area is 156 Å². The number of hydrogen-bond donors (Lipinski definition) is 4. The minimum atomic E-state index is -0.770. The smallest absolute Gasteiger partial charge is 0.286 e. The number of nitrogens with zero attached hydrogens (tertiary/aromatic N) is 2. The second-order valence-corrected chi connectivity index (χ2v) is 6.40. The van der Waals surface area contributed by atoms with Crippen molar-refractivity contribution in [2.75, 3.05) is 5.01 Å². The van der Waals surface area contributed by atoms with Crippen molar-refractivity contribution in [1.82, 2.24) is 15.8 Å². The summed E-state index contributed by atoms with van der Waals surface area (Å²) in [5, 5.41) is 5.59. The number of carbonyl (C=O) groups excluding carboxylic acids is 3. The Morgan fingerprint density at radius 3 is 2.50 bits per heavy atom. The highest BCUT2D eigenvalue weighted by Crippen LogP contribution is 2.24. The highest BCUT2D eigenvalue weighted by molar-refractivity contribution is 9.10. The summed E-state index contributed by atoms with van der Waals surface area (Å²) in [5.41, 5.74) is 11.0. The van der Waals surface area contributed by atoms with Crippen LogP contribution in [0.2, 0.25) is 0 Å². The van der Waals surface area contributed by atoms with Crippen LogP contribution in [0.25, 0.3) is 0 Å². The largest absolute Gasteiger partial charge is 0.368 e. The van der Waals surface area contributed by atoms with Crippen molar-refractivity contribution in [2.45, 2.75) is 12.5 Å². The molecule has 0 bridgehead atoms. The summed E-state index contributed by atoms with van der Waals surface area (Å²) < 4.78 is 0.706. The van der Waals surface area contributed by atoms with E-state index in [0.29, 0.717) is 10.2 Å². The normalized spacial score (nSPS) is 16.1. The van der Waals surface area contributed by atoms with Gasteiger partial charge in [0.05, 0.1) is 5.69 Å².